The van der Waals surface area contributed by atoms with Crippen LogP contribution < -0.4 is 5.73 Å². The minimum absolute atomic E-state index is 0.501. The fraction of sp³-hybridized carbons (Fsp3) is 0.417. The summed E-state index contributed by atoms with van der Waals surface area (Å²) in [6, 6.07) is 1.92. The molecule has 0 saturated carbocycles. The minimum atomic E-state index is 0.501. The van der Waals surface area contributed by atoms with Gasteiger partial charge in [0.1, 0.15) is 5.82 Å². The molecule has 0 aliphatic carbocycles. The first-order valence-corrected chi connectivity index (χ1v) is 5.60. The van der Waals surface area contributed by atoms with Gasteiger partial charge in [-0.2, -0.15) is 5.10 Å². The molecular weight excluding hydrogens is 214 g/mol. The molecule has 0 aliphatic heterocycles. The van der Waals surface area contributed by atoms with Crippen LogP contribution in [-0.2, 0) is 6.54 Å². The summed E-state index contributed by atoms with van der Waals surface area (Å²) >= 11 is 0. The third-order valence-corrected chi connectivity index (χ3v) is 2.81. The predicted molar refractivity (Wildman–Crippen MR) is 66.0 cm³/mol. The van der Waals surface area contributed by atoms with Gasteiger partial charge in [0.25, 0.3) is 0 Å². The molecule has 0 bridgehead atoms. The molecule has 5 nitrogen and oxygen atoms in total. The summed E-state index contributed by atoms with van der Waals surface area (Å²) in [7, 11) is 0. The largest absolute Gasteiger partial charge is 0.326 e. The van der Waals surface area contributed by atoms with Crippen LogP contribution in [0.25, 0.3) is 5.82 Å². The molecular formula is C12H17N5. The Morgan fingerprint density at radius 1 is 1.18 bits per heavy atom. The van der Waals surface area contributed by atoms with Gasteiger partial charge in [-0.3, -0.25) is 0 Å². The van der Waals surface area contributed by atoms with Crippen LogP contribution >= 0.6 is 0 Å². The zero-order valence-corrected chi connectivity index (χ0v) is 10.7. The molecule has 2 heterocycles. The van der Waals surface area contributed by atoms with Crippen molar-refractivity contribution in [2.24, 2.45) is 5.73 Å². The molecule has 0 fully saturated rings. The Balaban J connectivity index is 2.60. The normalized spacial score (nSPS) is 10.9. The number of aromatic nitrogens is 4. The van der Waals surface area contributed by atoms with Crippen molar-refractivity contribution >= 4 is 0 Å². The summed E-state index contributed by atoms with van der Waals surface area (Å²) in [6.07, 6.45) is 0. The lowest BCUT2D eigenvalue weighted by Crippen LogP contribution is -2.06. The molecule has 17 heavy (non-hydrogen) atoms. The second kappa shape index (κ2) is 4.25. The van der Waals surface area contributed by atoms with E-state index in [1.807, 2.05) is 38.4 Å². The molecule has 0 saturated heterocycles. The van der Waals surface area contributed by atoms with E-state index in [0.29, 0.717) is 6.54 Å². The van der Waals surface area contributed by atoms with Crippen molar-refractivity contribution in [3.05, 3.63) is 34.5 Å². The average molecular weight is 231 g/mol. The Morgan fingerprint density at radius 2 is 1.88 bits per heavy atom. The van der Waals surface area contributed by atoms with Crippen molar-refractivity contribution in [1.82, 2.24) is 19.7 Å². The summed E-state index contributed by atoms with van der Waals surface area (Å²) in [4.78, 5) is 8.66. The number of rotatable bonds is 2. The Morgan fingerprint density at radius 3 is 2.41 bits per heavy atom. The van der Waals surface area contributed by atoms with Crippen LogP contribution in [0.1, 0.15) is 28.5 Å². The van der Waals surface area contributed by atoms with E-state index in [0.717, 1.165) is 34.3 Å². The molecule has 0 unspecified atom stereocenters. The molecule has 0 aromatic carbocycles. The molecule has 0 radical (unpaired) electrons. The van der Waals surface area contributed by atoms with Gasteiger partial charge in [0.2, 0.25) is 0 Å². The number of aryl methyl sites for hydroxylation is 3. The number of nitrogens with two attached hydrogens (primary N) is 1. The second-order valence-electron chi connectivity index (χ2n) is 4.18. The number of hydrogen-bond donors (Lipinski definition) is 1. The smallest absolute Gasteiger partial charge is 0.157 e. The highest BCUT2D eigenvalue weighted by atomic mass is 15.3. The lowest BCUT2D eigenvalue weighted by atomic mass is 10.2. The first-order chi connectivity index (χ1) is 8.02. The highest BCUT2D eigenvalue weighted by Crippen LogP contribution is 2.16. The molecule has 2 aromatic heterocycles. The van der Waals surface area contributed by atoms with Crippen LogP contribution in [0.2, 0.25) is 0 Å². The lowest BCUT2D eigenvalue weighted by molar-refractivity contribution is 0.787. The molecule has 2 rings (SSSR count). The Bertz CT molecular complexity index is 536. The molecule has 2 N–H and O–H groups in total. The van der Waals surface area contributed by atoms with Crippen molar-refractivity contribution in [3.63, 3.8) is 0 Å². The van der Waals surface area contributed by atoms with Gasteiger partial charge < -0.3 is 5.73 Å². The summed E-state index contributed by atoms with van der Waals surface area (Å²) in [5.74, 6) is 1.55. The van der Waals surface area contributed by atoms with Crippen molar-refractivity contribution in [2.45, 2.75) is 34.2 Å². The van der Waals surface area contributed by atoms with Crippen molar-refractivity contribution in [3.8, 4) is 5.82 Å². The fourth-order valence-electron chi connectivity index (χ4n) is 2.00. The summed E-state index contributed by atoms with van der Waals surface area (Å²) in [5.41, 5.74) is 9.74. The summed E-state index contributed by atoms with van der Waals surface area (Å²) in [5, 5.41) is 4.48. The lowest BCUT2D eigenvalue weighted by Gasteiger charge is -2.05. The Labute approximate surface area is 101 Å². The molecule has 0 spiro atoms. The van der Waals surface area contributed by atoms with Crippen LogP contribution in [-0.4, -0.2) is 19.7 Å². The summed E-state index contributed by atoms with van der Waals surface area (Å²) < 4.78 is 1.83. The highest BCUT2D eigenvalue weighted by molar-refractivity contribution is 5.33. The standard InChI is InChI=1S/C12H17N5/c1-7-5-12(15-10(4)14-7)17-9(3)11(6-13)8(2)16-17/h5H,6,13H2,1-4H3. The van der Waals surface area contributed by atoms with E-state index in [9.17, 15) is 0 Å². The molecule has 0 aliphatic rings. The van der Waals surface area contributed by atoms with E-state index in [-0.39, 0.29) is 0 Å². The van der Waals surface area contributed by atoms with Gasteiger partial charge in [0, 0.05) is 29.6 Å². The van der Waals surface area contributed by atoms with Crippen LogP contribution in [0.3, 0.4) is 0 Å². The maximum absolute atomic E-state index is 5.72. The van der Waals surface area contributed by atoms with E-state index in [2.05, 4.69) is 15.1 Å². The maximum atomic E-state index is 5.72. The van der Waals surface area contributed by atoms with Gasteiger partial charge >= 0.3 is 0 Å². The van der Waals surface area contributed by atoms with Gasteiger partial charge in [0.05, 0.1) is 5.69 Å². The van der Waals surface area contributed by atoms with Crippen LogP contribution in [0.4, 0.5) is 0 Å². The summed E-state index contributed by atoms with van der Waals surface area (Å²) in [6.45, 7) is 8.31. The SMILES string of the molecule is Cc1cc(-n2nc(C)c(CN)c2C)nc(C)n1. The van der Waals surface area contributed by atoms with Crippen LogP contribution in [0.15, 0.2) is 6.07 Å². The second-order valence-corrected chi connectivity index (χ2v) is 4.18. The van der Waals surface area contributed by atoms with Crippen LogP contribution in [0.5, 0.6) is 0 Å². The molecule has 90 valence electrons. The monoisotopic (exact) mass is 231 g/mol. The number of hydrogen-bond acceptors (Lipinski definition) is 4. The Hall–Kier alpha value is -1.75. The van der Waals surface area contributed by atoms with E-state index in [1.54, 1.807) is 0 Å². The van der Waals surface area contributed by atoms with Gasteiger partial charge in [0.15, 0.2) is 5.82 Å². The maximum Gasteiger partial charge on any atom is 0.157 e. The van der Waals surface area contributed by atoms with E-state index in [1.165, 1.54) is 0 Å². The van der Waals surface area contributed by atoms with E-state index < -0.39 is 0 Å². The van der Waals surface area contributed by atoms with E-state index in [4.69, 9.17) is 5.73 Å². The third-order valence-electron chi connectivity index (χ3n) is 2.81. The van der Waals surface area contributed by atoms with Crippen molar-refractivity contribution < 1.29 is 0 Å². The number of nitrogens with zero attached hydrogens (tertiary/aromatic N) is 4. The minimum Gasteiger partial charge on any atom is -0.326 e. The molecule has 2 aromatic rings. The zero-order chi connectivity index (χ0) is 12.6. The van der Waals surface area contributed by atoms with Gasteiger partial charge in [-0.05, 0) is 27.7 Å². The average Bonchev–Trinajstić information content (AvgIpc) is 2.52. The molecule has 0 amide bonds. The first kappa shape index (κ1) is 11.7. The van der Waals surface area contributed by atoms with Gasteiger partial charge in [-0.15, -0.1) is 0 Å². The fourth-order valence-corrected chi connectivity index (χ4v) is 2.00. The van der Waals surface area contributed by atoms with Crippen molar-refractivity contribution in [2.75, 3.05) is 0 Å². The van der Waals surface area contributed by atoms with Crippen molar-refractivity contribution in [1.29, 1.82) is 0 Å². The topological polar surface area (TPSA) is 69.6 Å². The molecule has 0 atom stereocenters. The Kier molecular flexibility index (Phi) is 2.93. The third kappa shape index (κ3) is 2.06. The highest BCUT2D eigenvalue weighted by Gasteiger charge is 2.12. The molecule has 5 heteroatoms. The zero-order valence-electron chi connectivity index (χ0n) is 10.7. The van der Waals surface area contributed by atoms with Crippen LogP contribution in [0, 0.1) is 27.7 Å². The van der Waals surface area contributed by atoms with E-state index >= 15 is 0 Å². The van der Waals surface area contributed by atoms with Gasteiger partial charge in [-0.25, -0.2) is 14.6 Å². The predicted octanol–water partition coefficient (Wildman–Crippen LogP) is 1.35. The quantitative estimate of drug-likeness (QED) is 0.847. The van der Waals surface area contributed by atoms with Gasteiger partial charge in [-0.1, -0.05) is 0 Å². The first-order valence-electron chi connectivity index (χ1n) is 5.60.